The Bertz CT molecular complexity index is 936. The molecule has 3 rings (SSSR count). The first-order chi connectivity index (χ1) is 14.8. The van der Waals surface area contributed by atoms with Crippen molar-refractivity contribution in [3.63, 3.8) is 0 Å². The van der Waals surface area contributed by atoms with Crippen molar-refractivity contribution in [2.75, 3.05) is 6.61 Å². The Labute approximate surface area is 177 Å². The second-order valence-corrected chi connectivity index (χ2v) is 7.22. The van der Waals surface area contributed by atoms with Gasteiger partial charge in [0.2, 0.25) is 12.3 Å². The number of carbonyl (C=O) groups is 3. The smallest absolute Gasteiger partial charge is 0.407 e. The molecule has 7 nitrogen and oxygen atoms in total. The van der Waals surface area contributed by atoms with E-state index in [9.17, 15) is 23.2 Å². The molecule has 0 aromatic heterocycles. The summed E-state index contributed by atoms with van der Waals surface area (Å²) in [6.07, 6.45) is -4.89. The minimum Gasteiger partial charge on any atom is -0.480 e. The van der Waals surface area contributed by atoms with Gasteiger partial charge in [-0.05, 0) is 29.2 Å². The van der Waals surface area contributed by atoms with E-state index in [2.05, 4.69) is 10.6 Å². The molecule has 0 saturated carbocycles. The second-order valence-electron chi connectivity index (χ2n) is 7.22. The molecule has 0 bridgehead atoms. The number of carboxylic acid groups (broad SMARTS) is 1. The van der Waals surface area contributed by atoms with Crippen LogP contribution < -0.4 is 10.6 Å². The van der Waals surface area contributed by atoms with Crippen molar-refractivity contribution in [1.29, 1.82) is 0 Å². The molecule has 2 atom stereocenters. The molecule has 2 amide bonds. The number of carboxylic acids is 1. The van der Waals surface area contributed by atoms with E-state index in [4.69, 9.17) is 9.84 Å². The van der Waals surface area contributed by atoms with Gasteiger partial charge >= 0.3 is 12.1 Å². The first-order valence-electron chi connectivity index (χ1n) is 9.70. The predicted molar refractivity (Wildman–Crippen MR) is 108 cm³/mol. The van der Waals surface area contributed by atoms with Crippen LogP contribution in [0.2, 0.25) is 0 Å². The number of alkyl carbamates (subject to hydrolysis) is 1. The van der Waals surface area contributed by atoms with E-state index in [-0.39, 0.29) is 12.5 Å². The van der Waals surface area contributed by atoms with Crippen LogP contribution in [0, 0.1) is 0 Å². The SMILES string of the molecule is CC(NC(=O)C(CC(F)F)NC(=O)OCC1c2ccccc2-c2ccccc21)C(=O)O. The van der Waals surface area contributed by atoms with Gasteiger partial charge < -0.3 is 20.5 Å². The number of ether oxygens (including phenoxy) is 1. The van der Waals surface area contributed by atoms with E-state index in [1.165, 1.54) is 6.92 Å². The number of benzene rings is 2. The van der Waals surface area contributed by atoms with Crippen molar-refractivity contribution in [3.05, 3.63) is 59.7 Å². The molecule has 9 heteroatoms. The quantitative estimate of drug-likeness (QED) is 0.595. The van der Waals surface area contributed by atoms with E-state index in [0.29, 0.717) is 0 Å². The largest absolute Gasteiger partial charge is 0.480 e. The molecule has 0 fully saturated rings. The topological polar surface area (TPSA) is 105 Å². The van der Waals surface area contributed by atoms with Crippen LogP contribution in [0.25, 0.3) is 11.1 Å². The van der Waals surface area contributed by atoms with Crippen molar-refractivity contribution in [2.24, 2.45) is 0 Å². The minimum absolute atomic E-state index is 0.0472. The summed E-state index contributed by atoms with van der Waals surface area (Å²) in [4.78, 5) is 35.3. The summed E-state index contributed by atoms with van der Waals surface area (Å²) in [5, 5.41) is 13.1. The normalized spacial score (nSPS) is 14.3. The van der Waals surface area contributed by atoms with Gasteiger partial charge in [0.1, 0.15) is 18.7 Å². The molecular weight excluding hydrogens is 410 g/mol. The highest BCUT2D eigenvalue weighted by Crippen LogP contribution is 2.44. The highest BCUT2D eigenvalue weighted by molar-refractivity contribution is 5.89. The monoisotopic (exact) mass is 432 g/mol. The lowest BCUT2D eigenvalue weighted by molar-refractivity contribution is -0.141. The van der Waals surface area contributed by atoms with Gasteiger partial charge in [-0.15, -0.1) is 0 Å². The molecule has 1 aliphatic carbocycles. The average Bonchev–Trinajstić information content (AvgIpc) is 3.05. The number of fused-ring (bicyclic) bond motifs is 3. The fourth-order valence-corrected chi connectivity index (χ4v) is 3.57. The van der Waals surface area contributed by atoms with Gasteiger partial charge in [-0.1, -0.05) is 48.5 Å². The summed E-state index contributed by atoms with van der Waals surface area (Å²) < 4.78 is 31.0. The lowest BCUT2D eigenvalue weighted by atomic mass is 9.98. The molecule has 1 aliphatic rings. The van der Waals surface area contributed by atoms with Gasteiger partial charge in [0.15, 0.2) is 0 Å². The Balaban J connectivity index is 1.66. The lowest BCUT2D eigenvalue weighted by Gasteiger charge is -2.20. The number of hydrogen-bond acceptors (Lipinski definition) is 4. The highest BCUT2D eigenvalue weighted by Gasteiger charge is 2.31. The summed E-state index contributed by atoms with van der Waals surface area (Å²) in [5.41, 5.74) is 4.02. The summed E-state index contributed by atoms with van der Waals surface area (Å²) in [7, 11) is 0. The van der Waals surface area contributed by atoms with Gasteiger partial charge in [0, 0.05) is 12.3 Å². The molecule has 0 aliphatic heterocycles. The molecule has 0 spiro atoms. The Morgan fingerprint density at radius 2 is 1.55 bits per heavy atom. The molecular formula is C22H22F2N2O5. The maximum Gasteiger partial charge on any atom is 0.407 e. The van der Waals surface area contributed by atoms with Crippen molar-refractivity contribution < 1.29 is 33.0 Å². The van der Waals surface area contributed by atoms with E-state index in [0.717, 1.165) is 22.3 Å². The zero-order valence-corrected chi connectivity index (χ0v) is 16.7. The maximum absolute atomic E-state index is 12.9. The number of alkyl halides is 2. The maximum atomic E-state index is 12.9. The zero-order valence-electron chi connectivity index (χ0n) is 16.7. The van der Waals surface area contributed by atoms with Crippen LogP contribution >= 0.6 is 0 Å². The molecule has 2 aromatic carbocycles. The second kappa shape index (κ2) is 9.55. The summed E-state index contributed by atoms with van der Waals surface area (Å²) >= 11 is 0. The zero-order chi connectivity index (χ0) is 22.5. The molecule has 31 heavy (non-hydrogen) atoms. The standard InChI is InChI=1S/C22H22F2N2O5/c1-12(21(28)29)25-20(27)18(10-19(23)24)26-22(30)31-11-17-15-8-4-2-6-13(15)14-7-3-5-9-16(14)17/h2-9,12,17-19H,10-11H2,1H3,(H,25,27)(H,26,30)(H,28,29). The fraction of sp³-hybridized carbons (Fsp3) is 0.318. The number of halogens is 2. The molecule has 2 unspecified atom stereocenters. The van der Waals surface area contributed by atoms with Crippen LogP contribution in [0.4, 0.5) is 13.6 Å². The number of nitrogens with one attached hydrogen (secondary N) is 2. The summed E-state index contributed by atoms with van der Waals surface area (Å²) in [6, 6.07) is 12.5. The van der Waals surface area contributed by atoms with Crippen LogP contribution in [-0.4, -0.2) is 48.2 Å². The number of aliphatic carboxylic acids is 1. The highest BCUT2D eigenvalue weighted by atomic mass is 19.3. The number of hydrogen-bond donors (Lipinski definition) is 3. The number of amides is 2. The lowest BCUT2D eigenvalue weighted by Crippen LogP contribution is -2.51. The fourth-order valence-electron chi connectivity index (χ4n) is 3.57. The third kappa shape index (κ3) is 5.17. The van der Waals surface area contributed by atoms with E-state index in [1.54, 1.807) is 0 Å². The predicted octanol–water partition coefficient (Wildman–Crippen LogP) is 3.14. The Morgan fingerprint density at radius 1 is 1.00 bits per heavy atom. The molecule has 0 radical (unpaired) electrons. The Kier molecular flexibility index (Phi) is 6.84. The summed E-state index contributed by atoms with van der Waals surface area (Å²) in [6.45, 7) is 1.14. The van der Waals surface area contributed by atoms with Gasteiger partial charge in [-0.3, -0.25) is 9.59 Å². The van der Waals surface area contributed by atoms with Crippen molar-refractivity contribution >= 4 is 18.0 Å². The van der Waals surface area contributed by atoms with Crippen molar-refractivity contribution in [3.8, 4) is 11.1 Å². The van der Waals surface area contributed by atoms with Crippen LogP contribution in [0.3, 0.4) is 0 Å². The van der Waals surface area contributed by atoms with Crippen LogP contribution in [-0.2, 0) is 14.3 Å². The molecule has 3 N–H and O–H groups in total. The first-order valence-corrected chi connectivity index (χ1v) is 9.70. The van der Waals surface area contributed by atoms with Gasteiger partial charge in [0.25, 0.3) is 0 Å². The van der Waals surface area contributed by atoms with Gasteiger partial charge in [0.05, 0.1) is 0 Å². The third-order valence-electron chi connectivity index (χ3n) is 5.10. The minimum atomic E-state index is -2.88. The van der Waals surface area contributed by atoms with Gasteiger partial charge in [-0.25, -0.2) is 13.6 Å². The number of carbonyl (C=O) groups excluding carboxylic acids is 2. The summed E-state index contributed by atoms with van der Waals surface area (Å²) in [5.74, 6) is -2.58. The van der Waals surface area contributed by atoms with E-state index in [1.807, 2.05) is 48.5 Å². The average molecular weight is 432 g/mol. The van der Waals surface area contributed by atoms with Crippen molar-refractivity contribution in [2.45, 2.75) is 37.8 Å². The van der Waals surface area contributed by atoms with Crippen molar-refractivity contribution in [1.82, 2.24) is 10.6 Å². The van der Waals surface area contributed by atoms with Crippen LogP contribution in [0.1, 0.15) is 30.4 Å². The number of rotatable bonds is 8. The van der Waals surface area contributed by atoms with Gasteiger partial charge in [-0.2, -0.15) is 0 Å². The van der Waals surface area contributed by atoms with Crippen LogP contribution in [0.15, 0.2) is 48.5 Å². The van der Waals surface area contributed by atoms with E-state index >= 15 is 0 Å². The molecule has 164 valence electrons. The van der Waals surface area contributed by atoms with E-state index < -0.39 is 42.9 Å². The molecule has 0 saturated heterocycles. The van der Waals surface area contributed by atoms with Crippen LogP contribution in [0.5, 0.6) is 0 Å². The first kappa shape index (κ1) is 22.2. The third-order valence-corrected chi connectivity index (χ3v) is 5.10. The molecule has 2 aromatic rings. The Hall–Kier alpha value is -3.49. The Morgan fingerprint density at radius 3 is 2.06 bits per heavy atom. The molecule has 0 heterocycles.